The van der Waals surface area contributed by atoms with Crippen molar-refractivity contribution in [3.63, 3.8) is 0 Å². The van der Waals surface area contributed by atoms with E-state index >= 15 is 0 Å². The molecule has 1 aliphatic carbocycles. The number of nitrogens with zero attached hydrogens (tertiary/aromatic N) is 1. The summed E-state index contributed by atoms with van der Waals surface area (Å²) in [6, 6.07) is 2.18. The van der Waals surface area contributed by atoms with Gasteiger partial charge in [-0.15, -0.1) is 11.3 Å². The second-order valence-electron chi connectivity index (χ2n) is 5.98. The molecule has 0 saturated heterocycles. The Morgan fingerprint density at radius 2 is 2.35 bits per heavy atom. The highest BCUT2D eigenvalue weighted by Crippen LogP contribution is 2.38. The number of fused-ring (bicyclic) bond motifs is 1. The molecular weight excluding hydrogens is 284 g/mol. The van der Waals surface area contributed by atoms with Gasteiger partial charge in [0, 0.05) is 28.3 Å². The Kier molecular flexibility index (Phi) is 4.54. The number of aromatic nitrogens is 1. The van der Waals surface area contributed by atoms with E-state index in [4.69, 9.17) is 4.98 Å². The summed E-state index contributed by atoms with van der Waals surface area (Å²) in [5.74, 6) is 1.33. The lowest BCUT2D eigenvalue weighted by molar-refractivity contribution is 0.473. The zero-order valence-corrected chi connectivity index (χ0v) is 13.8. The Morgan fingerprint density at radius 1 is 1.45 bits per heavy atom. The average Bonchev–Trinajstić information content (AvgIpc) is 3.07. The average molecular weight is 306 g/mol. The van der Waals surface area contributed by atoms with Gasteiger partial charge in [0.15, 0.2) is 0 Å². The van der Waals surface area contributed by atoms with Crippen LogP contribution < -0.4 is 5.32 Å². The number of rotatable bonds is 5. The van der Waals surface area contributed by atoms with Gasteiger partial charge in [-0.1, -0.05) is 13.8 Å². The first kappa shape index (κ1) is 14.2. The van der Waals surface area contributed by atoms with E-state index in [1.165, 1.54) is 40.4 Å². The minimum absolute atomic E-state index is 0.612. The quantitative estimate of drug-likeness (QED) is 0.877. The summed E-state index contributed by atoms with van der Waals surface area (Å²) in [5.41, 5.74) is 2.67. The standard InChI is InChI=1S/C16H22N2S2/c1-11(2)8-17-9-12-4-3-5-14-15(12)18-16(20-14)13-6-7-19-10-13/h6-7,10-12,17H,3-5,8-9H2,1-2H3. The molecule has 1 unspecified atom stereocenters. The third-order valence-electron chi connectivity index (χ3n) is 3.78. The van der Waals surface area contributed by atoms with Crippen molar-refractivity contribution < 1.29 is 0 Å². The van der Waals surface area contributed by atoms with Crippen LogP contribution in [0.1, 0.15) is 43.2 Å². The Hall–Kier alpha value is -0.710. The van der Waals surface area contributed by atoms with Crippen LogP contribution >= 0.6 is 22.7 Å². The van der Waals surface area contributed by atoms with Crippen molar-refractivity contribution >= 4 is 22.7 Å². The van der Waals surface area contributed by atoms with E-state index < -0.39 is 0 Å². The van der Waals surface area contributed by atoms with E-state index in [1.807, 2.05) is 11.3 Å². The molecule has 0 fully saturated rings. The van der Waals surface area contributed by atoms with E-state index in [-0.39, 0.29) is 0 Å². The normalized spacial score (nSPS) is 18.4. The topological polar surface area (TPSA) is 24.9 Å². The SMILES string of the molecule is CC(C)CNCC1CCCc2sc(-c3ccsc3)nc21. The molecule has 2 heterocycles. The first-order valence-electron chi connectivity index (χ1n) is 7.47. The van der Waals surface area contributed by atoms with Gasteiger partial charge in [-0.3, -0.25) is 0 Å². The van der Waals surface area contributed by atoms with Crippen molar-refractivity contribution in [3.8, 4) is 10.6 Å². The highest BCUT2D eigenvalue weighted by atomic mass is 32.1. The van der Waals surface area contributed by atoms with Gasteiger partial charge in [0.05, 0.1) is 5.69 Å². The molecule has 3 rings (SSSR count). The van der Waals surface area contributed by atoms with Crippen LogP contribution in [0.5, 0.6) is 0 Å². The number of thiophene rings is 1. The highest BCUT2D eigenvalue weighted by Gasteiger charge is 2.24. The maximum atomic E-state index is 4.96. The van der Waals surface area contributed by atoms with Gasteiger partial charge < -0.3 is 5.32 Å². The van der Waals surface area contributed by atoms with Crippen LogP contribution in [0.15, 0.2) is 16.8 Å². The lowest BCUT2D eigenvalue weighted by atomic mass is 9.91. The predicted molar refractivity (Wildman–Crippen MR) is 88.8 cm³/mol. The Morgan fingerprint density at radius 3 is 3.10 bits per heavy atom. The van der Waals surface area contributed by atoms with Crippen LogP contribution in [0.2, 0.25) is 0 Å². The molecule has 4 heteroatoms. The summed E-state index contributed by atoms with van der Waals surface area (Å²) in [6.07, 6.45) is 3.81. The number of hydrogen-bond donors (Lipinski definition) is 1. The minimum Gasteiger partial charge on any atom is -0.316 e. The largest absolute Gasteiger partial charge is 0.316 e. The molecule has 108 valence electrons. The molecule has 0 saturated carbocycles. The maximum Gasteiger partial charge on any atom is 0.124 e. The highest BCUT2D eigenvalue weighted by molar-refractivity contribution is 7.15. The fourth-order valence-electron chi connectivity index (χ4n) is 2.76. The van der Waals surface area contributed by atoms with Gasteiger partial charge in [0.1, 0.15) is 5.01 Å². The lowest BCUT2D eigenvalue weighted by Crippen LogP contribution is -2.27. The third-order valence-corrected chi connectivity index (χ3v) is 5.65. The minimum atomic E-state index is 0.612. The molecule has 1 aliphatic rings. The van der Waals surface area contributed by atoms with Crippen molar-refractivity contribution in [3.05, 3.63) is 27.4 Å². The molecule has 0 aliphatic heterocycles. The monoisotopic (exact) mass is 306 g/mol. The Bertz CT molecular complexity index is 543. The summed E-state index contributed by atoms with van der Waals surface area (Å²) in [6.45, 7) is 6.71. The Labute approximate surface area is 129 Å². The number of aryl methyl sites for hydroxylation is 1. The molecule has 2 aromatic rings. The van der Waals surface area contributed by atoms with Crippen molar-refractivity contribution in [2.75, 3.05) is 13.1 Å². The molecule has 0 spiro atoms. The van der Waals surface area contributed by atoms with Crippen molar-refractivity contribution in [2.24, 2.45) is 5.92 Å². The molecule has 0 aromatic carbocycles. The van der Waals surface area contributed by atoms with Crippen LogP contribution in [0.4, 0.5) is 0 Å². The first-order chi connectivity index (χ1) is 9.74. The zero-order valence-electron chi connectivity index (χ0n) is 12.2. The van der Waals surface area contributed by atoms with Crippen molar-refractivity contribution in [1.82, 2.24) is 10.3 Å². The first-order valence-corrected chi connectivity index (χ1v) is 9.23. The fraction of sp³-hybridized carbons (Fsp3) is 0.562. The smallest absolute Gasteiger partial charge is 0.124 e. The van der Waals surface area contributed by atoms with Crippen LogP contribution in [0, 0.1) is 5.92 Å². The maximum absolute atomic E-state index is 4.96. The zero-order chi connectivity index (χ0) is 13.9. The van der Waals surface area contributed by atoms with Crippen LogP contribution in [0.3, 0.4) is 0 Å². The van der Waals surface area contributed by atoms with E-state index in [0.29, 0.717) is 5.92 Å². The van der Waals surface area contributed by atoms with Gasteiger partial charge >= 0.3 is 0 Å². The summed E-state index contributed by atoms with van der Waals surface area (Å²) in [7, 11) is 0. The van der Waals surface area contributed by atoms with Crippen LogP contribution in [-0.2, 0) is 6.42 Å². The predicted octanol–water partition coefficient (Wildman–Crippen LogP) is 4.54. The van der Waals surface area contributed by atoms with E-state index in [0.717, 1.165) is 19.0 Å². The van der Waals surface area contributed by atoms with Gasteiger partial charge in [-0.25, -0.2) is 4.98 Å². The van der Waals surface area contributed by atoms with Gasteiger partial charge in [0.25, 0.3) is 0 Å². The lowest BCUT2D eigenvalue weighted by Gasteiger charge is -2.22. The van der Waals surface area contributed by atoms with Gasteiger partial charge in [-0.2, -0.15) is 11.3 Å². The number of nitrogens with one attached hydrogen (secondary N) is 1. The van der Waals surface area contributed by atoms with E-state index in [1.54, 1.807) is 11.3 Å². The summed E-state index contributed by atoms with van der Waals surface area (Å²) < 4.78 is 0. The van der Waals surface area contributed by atoms with E-state index in [2.05, 4.69) is 36.0 Å². The second kappa shape index (κ2) is 6.37. The second-order valence-corrected chi connectivity index (χ2v) is 7.84. The Balaban J connectivity index is 1.75. The molecule has 0 bridgehead atoms. The van der Waals surface area contributed by atoms with E-state index in [9.17, 15) is 0 Å². The summed E-state index contributed by atoms with van der Waals surface area (Å²) >= 11 is 3.66. The molecule has 1 N–H and O–H groups in total. The van der Waals surface area contributed by atoms with Gasteiger partial charge in [-0.05, 0) is 43.2 Å². The molecule has 0 amide bonds. The third kappa shape index (κ3) is 3.13. The molecular formula is C16H22N2S2. The molecule has 2 nitrogen and oxygen atoms in total. The molecule has 1 atom stereocenters. The molecule has 2 aromatic heterocycles. The van der Waals surface area contributed by atoms with Crippen molar-refractivity contribution in [1.29, 1.82) is 0 Å². The van der Waals surface area contributed by atoms with Gasteiger partial charge in [0.2, 0.25) is 0 Å². The van der Waals surface area contributed by atoms with Crippen molar-refractivity contribution in [2.45, 2.75) is 39.0 Å². The summed E-state index contributed by atoms with van der Waals surface area (Å²) in [4.78, 5) is 6.48. The van der Waals surface area contributed by atoms with Crippen LogP contribution in [0.25, 0.3) is 10.6 Å². The molecule has 20 heavy (non-hydrogen) atoms. The summed E-state index contributed by atoms with van der Waals surface area (Å²) in [5, 5.41) is 9.16. The number of hydrogen-bond acceptors (Lipinski definition) is 4. The molecule has 0 radical (unpaired) electrons. The fourth-order valence-corrected chi connectivity index (χ4v) is 4.66. The number of thiazole rings is 1. The van der Waals surface area contributed by atoms with Crippen LogP contribution in [-0.4, -0.2) is 18.1 Å².